The number of halogens is 1. The standard InChI is InChI=1S/C23H23FN2O2/c24-18-7-4-8-19(15-18)26-20(16-5-2-1-3-6-16)23(22(26)28)11-13-25(14-12-23)21(27)17-9-10-17/h1-8,15,17,20H,9-14H2. The molecule has 3 aliphatic rings. The van der Waals surface area contributed by atoms with E-state index >= 15 is 0 Å². The molecular weight excluding hydrogens is 355 g/mol. The second-order valence-electron chi connectivity index (χ2n) is 8.22. The SMILES string of the molecule is O=C(C1CC1)N1CCC2(CC1)C(=O)N(c1cccc(F)c1)C2c1ccccc1. The molecule has 2 aromatic rings. The lowest BCUT2D eigenvalue weighted by Gasteiger charge is -2.59. The molecule has 2 amide bonds. The summed E-state index contributed by atoms with van der Waals surface area (Å²) in [6, 6.07) is 16.1. The van der Waals surface area contributed by atoms with E-state index in [1.165, 1.54) is 12.1 Å². The molecule has 1 saturated carbocycles. The number of carbonyl (C=O) groups excluding carboxylic acids is 2. The van der Waals surface area contributed by atoms with E-state index in [2.05, 4.69) is 0 Å². The molecule has 5 rings (SSSR count). The van der Waals surface area contributed by atoms with Gasteiger partial charge in [-0.1, -0.05) is 36.4 Å². The molecule has 3 fully saturated rings. The van der Waals surface area contributed by atoms with Gasteiger partial charge in [-0.25, -0.2) is 4.39 Å². The summed E-state index contributed by atoms with van der Waals surface area (Å²) in [6.45, 7) is 1.25. The van der Waals surface area contributed by atoms with Crippen molar-refractivity contribution < 1.29 is 14.0 Å². The van der Waals surface area contributed by atoms with Gasteiger partial charge >= 0.3 is 0 Å². The summed E-state index contributed by atoms with van der Waals surface area (Å²) >= 11 is 0. The molecular formula is C23H23FN2O2. The number of benzene rings is 2. The van der Waals surface area contributed by atoms with Gasteiger partial charge < -0.3 is 9.80 Å². The molecule has 2 aromatic carbocycles. The molecule has 0 radical (unpaired) electrons. The molecule has 2 heterocycles. The summed E-state index contributed by atoms with van der Waals surface area (Å²) in [5.41, 5.74) is 1.16. The molecule has 2 saturated heterocycles. The number of hydrogen-bond donors (Lipinski definition) is 0. The van der Waals surface area contributed by atoms with Crippen molar-refractivity contribution in [1.29, 1.82) is 0 Å². The van der Waals surface area contributed by atoms with Crippen LogP contribution in [0.2, 0.25) is 0 Å². The van der Waals surface area contributed by atoms with E-state index < -0.39 is 5.41 Å². The molecule has 4 nitrogen and oxygen atoms in total. The number of amides is 2. The summed E-state index contributed by atoms with van der Waals surface area (Å²) in [5.74, 6) is 0.160. The zero-order valence-corrected chi connectivity index (χ0v) is 15.7. The van der Waals surface area contributed by atoms with Crippen LogP contribution < -0.4 is 4.90 Å². The van der Waals surface area contributed by atoms with Crippen molar-refractivity contribution in [2.75, 3.05) is 18.0 Å². The van der Waals surface area contributed by atoms with Gasteiger partial charge in [-0.15, -0.1) is 0 Å². The van der Waals surface area contributed by atoms with Crippen LogP contribution in [0.4, 0.5) is 10.1 Å². The number of piperidine rings is 1. The Morgan fingerprint density at radius 2 is 1.71 bits per heavy atom. The van der Waals surface area contributed by atoms with Crippen molar-refractivity contribution in [3.05, 3.63) is 66.0 Å². The quantitative estimate of drug-likeness (QED) is 0.760. The second-order valence-corrected chi connectivity index (χ2v) is 8.22. The number of β-lactam (4-membered cyclic amide) rings is 1. The van der Waals surface area contributed by atoms with Crippen LogP contribution in [0.15, 0.2) is 54.6 Å². The van der Waals surface area contributed by atoms with Gasteiger partial charge in [-0.2, -0.15) is 0 Å². The maximum absolute atomic E-state index is 13.8. The first kappa shape index (κ1) is 17.4. The molecule has 28 heavy (non-hydrogen) atoms. The average Bonchev–Trinajstić information content (AvgIpc) is 3.57. The highest BCUT2D eigenvalue weighted by molar-refractivity contribution is 6.06. The molecule has 5 heteroatoms. The highest BCUT2D eigenvalue weighted by Crippen LogP contribution is 2.57. The Kier molecular flexibility index (Phi) is 4.00. The Balaban J connectivity index is 1.46. The van der Waals surface area contributed by atoms with E-state index in [9.17, 15) is 14.0 Å². The van der Waals surface area contributed by atoms with E-state index in [4.69, 9.17) is 0 Å². The fourth-order valence-electron chi connectivity index (χ4n) is 4.85. The van der Waals surface area contributed by atoms with Gasteiger partial charge in [-0.05, 0) is 49.4 Å². The fourth-order valence-corrected chi connectivity index (χ4v) is 4.85. The minimum Gasteiger partial charge on any atom is -0.342 e. The van der Waals surface area contributed by atoms with Crippen molar-refractivity contribution in [3.8, 4) is 0 Å². The Labute approximate surface area is 163 Å². The summed E-state index contributed by atoms with van der Waals surface area (Å²) in [5, 5.41) is 0. The van der Waals surface area contributed by atoms with Gasteiger partial charge in [0.2, 0.25) is 11.8 Å². The van der Waals surface area contributed by atoms with Crippen molar-refractivity contribution in [3.63, 3.8) is 0 Å². The number of carbonyl (C=O) groups is 2. The average molecular weight is 378 g/mol. The lowest BCUT2D eigenvalue weighted by molar-refractivity contribution is -0.149. The van der Waals surface area contributed by atoms with Crippen molar-refractivity contribution >= 4 is 17.5 Å². The Morgan fingerprint density at radius 3 is 2.36 bits per heavy atom. The third kappa shape index (κ3) is 2.64. The van der Waals surface area contributed by atoms with Crippen LogP contribution >= 0.6 is 0 Å². The monoisotopic (exact) mass is 378 g/mol. The molecule has 0 N–H and O–H groups in total. The molecule has 1 atom stereocenters. The summed E-state index contributed by atoms with van der Waals surface area (Å²) in [4.78, 5) is 29.4. The van der Waals surface area contributed by atoms with E-state index in [0.717, 1.165) is 18.4 Å². The topological polar surface area (TPSA) is 40.6 Å². The summed E-state index contributed by atoms with van der Waals surface area (Å²) in [7, 11) is 0. The first-order valence-corrected chi connectivity index (χ1v) is 10.0. The van der Waals surface area contributed by atoms with Gasteiger partial charge in [0.05, 0.1) is 11.5 Å². The van der Waals surface area contributed by atoms with Gasteiger partial charge in [0.15, 0.2) is 0 Å². The van der Waals surface area contributed by atoms with Crippen molar-refractivity contribution in [1.82, 2.24) is 4.90 Å². The third-order valence-electron chi connectivity index (χ3n) is 6.52. The number of nitrogens with zero attached hydrogens (tertiary/aromatic N) is 2. The number of rotatable bonds is 3. The maximum Gasteiger partial charge on any atom is 0.236 e. The number of likely N-dealkylation sites (tertiary alicyclic amines) is 1. The lowest BCUT2D eigenvalue weighted by Crippen LogP contribution is -2.67. The van der Waals surface area contributed by atoms with E-state index in [-0.39, 0.29) is 29.6 Å². The zero-order valence-electron chi connectivity index (χ0n) is 15.7. The minimum absolute atomic E-state index is 0.0467. The fraction of sp³-hybridized carbons (Fsp3) is 0.391. The van der Waals surface area contributed by atoms with Crippen LogP contribution in [0, 0.1) is 17.2 Å². The molecule has 144 valence electrons. The molecule has 0 bridgehead atoms. The predicted octanol–water partition coefficient (Wildman–Crippen LogP) is 3.93. The third-order valence-corrected chi connectivity index (χ3v) is 6.52. The highest BCUT2D eigenvalue weighted by Gasteiger charge is 2.62. The normalized spacial score (nSPS) is 23.6. The van der Waals surface area contributed by atoms with Gasteiger partial charge in [0.25, 0.3) is 0 Å². The zero-order chi connectivity index (χ0) is 19.3. The van der Waals surface area contributed by atoms with Gasteiger partial charge in [0, 0.05) is 24.7 Å². The summed E-state index contributed by atoms with van der Waals surface area (Å²) in [6.07, 6.45) is 3.32. The molecule has 1 aliphatic carbocycles. The molecule has 1 unspecified atom stereocenters. The largest absolute Gasteiger partial charge is 0.342 e. The van der Waals surface area contributed by atoms with Crippen molar-refractivity contribution in [2.24, 2.45) is 11.3 Å². The minimum atomic E-state index is -0.506. The first-order valence-electron chi connectivity index (χ1n) is 10.0. The van der Waals surface area contributed by atoms with Crippen LogP contribution in [0.5, 0.6) is 0 Å². The second kappa shape index (κ2) is 6.43. The maximum atomic E-state index is 13.8. The smallest absolute Gasteiger partial charge is 0.236 e. The van der Waals surface area contributed by atoms with E-state index in [0.29, 0.717) is 31.6 Å². The highest BCUT2D eigenvalue weighted by atomic mass is 19.1. The van der Waals surface area contributed by atoms with Crippen molar-refractivity contribution in [2.45, 2.75) is 31.7 Å². The Bertz CT molecular complexity index is 917. The van der Waals surface area contributed by atoms with E-state index in [1.807, 2.05) is 35.2 Å². The van der Waals surface area contributed by atoms with Crippen LogP contribution in [-0.4, -0.2) is 29.8 Å². The summed E-state index contributed by atoms with van der Waals surface area (Å²) < 4.78 is 13.8. The van der Waals surface area contributed by atoms with Gasteiger partial charge in [0.1, 0.15) is 5.82 Å². The van der Waals surface area contributed by atoms with Crippen LogP contribution in [0.25, 0.3) is 0 Å². The number of hydrogen-bond acceptors (Lipinski definition) is 2. The molecule has 2 aliphatic heterocycles. The lowest BCUT2D eigenvalue weighted by atomic mass is 9.62. The van der Waals surface area contributed by atoms with Crippen LogP contribution in [0.1, 0.15) is 37.3 Å². The Morgan fingerprint density at radius 1 is 1.00 bits per heavy atom. The van der Waals surface area contributed by atoms with E-state index in [1.54, 1.807) is 17.0 Å². The number of anilines is 1. The van der Waals surface area contributed by atoms with Crippen LogP contribution in [-0.2, 0) is 9.59 Å². The molecule has 0 aromatic heterocycles. The Hall–Kier alpha value is -2.69. The van der Waals surface area contributed by atoms with Gasteiger partial charge in [-0.3, -0.25) is 9.59 Å². The molecule has 1 spiro atoms. The predicted molar refractivity (Wildman–Crippen MR) is 104 cm³/mol. The van der Waals surface area contributed by atoms with Crippen LogP contribution in [0.3, 0.4) is 0 Å². The first-order chi connectivity index (χ1) is 13.6.